The average Bonchev–Trinajstić information content (AvgIpc) is 2.54. The monoisotopic (exact) mass is 340 g/mol. The number of benzene rings is 1. The van der Waals surface area contributed by atoms with Crippen LogP contribution in [0, 0.1) is 0 Å². The molecule has 9 heteroatoms. The minimum absolute atomic E-state index is 0.0439. The maximum Gasteiger partial charge on any atom is 0.335 e. The first-order chi connectivity index (χ1) is 11.2. The van der Waals surface area contributed by atoms with Crippen LogP contribution in [0.2, 0.25) is 0 Å². The van der Waals surface area contributed by atoms with Crippen LogP contribution in [0.5, 0.6) is 0 Å². The molecule has 1 heterocycles. The third-order valence-corrected chi connectivity index (χ3v) is 3.33. The Morgan fingerprint density at radius 3 is 2.00 bits per heavy atom. The smallest absolute Gasteiger partial charge is 0.335 e. The van der Waals surface area contributed by atoms with Crippen molar-refractivity contribution in [3.8, 4) is 0 Å². The van der Waals surface area contributed by atoms with Crippen LogP contribution in [-0.4, -0.2) is 63.1 Å². The van der Waals surface area contributed by atoms with E-state index in [2.05, 4.69) is 0 Å². The van der Waals surface area contributed by atoms with Crippen molar-refractivity contribution in [2.75, 3.05) is 11.4 Å². The van der Waals surface area contributed by atoms with Crippen molar-refractivity contribution in [1.82, 2.24) is 0 Å². The number of hydrogen-bond donors (Lipinski definition) is 5. The molecule has 132 valence electrons. The summed E-state index contributed by atoms with van der Waals surface area (Å²) < 4.78 is 0. The van der Waals surface area contributed by atoms with Crippen LogP contribution in [0.4, 0.5) is 5.69 Å². The number of rotatable bonds is 4. The third kappa shape index (κ3) is 5.61. The zero-order chi connectivity index (χ0) is 18.3. The third-order valence-electron chi connectivity index (χ3n) is 3.33. The molecule has 1 amide bonds. The predicted octanol–water partition coefficient (Wildman–Crippen LogP) is -0.982. The van der Waals surface area contributed by atoms with Gasteiger partial charge in [-0.25, -0.2) is 9.59 Å². The Morgan fingerprint density at radius 2 is 1.58 bits per heavy atom. The zero-order valence-electron chi connectivity index (χ0n) is 12.8. The van der Waals surface area contributed by atoms with E-state index in [1.54, 1.807) is 0 Å². The van der Waals surface area contributed by atoms with Crippen LogP contribution in [-0.2, 0) is 14.4 Å². The first kappa shape index (κ1) is 19.6. The van der Waals surface area contributed by atoms with Gasteiger partial charge in [-0.05, 0) is 18.6 Å². The van der Waals surface area contributed by atoms with Crippen molar-refractivity contribution in [1.29, 1.82) is 0 Å². The predicted molar refractivity (Wildman–Crippen MR) is 83.3 cm³/mol. The van der Waals surface area contributed by atoms with E-state index >= 15 is 0 Å². The quantitative estimate of drug-likeness (QED) is 0.467. The van der Waals surface area contributed by atoms with Crippen molar-refractivity contribution < 1.29 is 34.8 Å². The number of carboxylic acid groups (broad SMARTS) is 2. The van der Waals surface area contributed by atoms with Crippen LogP contribution < -0.4 is 10.6 Å². The normalized spacial score (nSPS) is 19.7. The molecule has 6 N–H and O–H groups in total. The molecule has 3 unspecified atom stereocenters. The fraction of sp³-hybridized carbons (Fsp3) is 0.400. The number of piperidine rings is 1. The van der Waals surface area contributed by atoms with Gasteiger partial charge < -0.3 is 31.1 Å². The number of aliphatic carboxylic acids is 2. The number of amides is 1. The number of nitrogens with zero attached hydrogens (tertiary/aromatic N) is 1. The van der Waals surface area contributed by atoms with Gasteiger partial charge in [0, 0.05) is 24.7 Å². The molecular formula is C15H20N2O7. The van der Waals surface area contributed by atoms with Crippen LogP contribution >= 0.6 is 0 Å². The molecule has 0 radical (unpaired) electrons. The minimum atomic E-state index is -2.27. The summed E-state index contributed by atoms with van der Waals surface area (Å²) in [6.45, 7) is 0.740. The van der Waals surface area contributed by atoms with Crippen molar-refractivity contribution in [2.24, 2.45) is 5.73 Å². The second kappa shape index (κ2) is 8.96. The number of carboxylic acids is 2. The van der Waals surface area contributed by atoms with Gasteiger partial charge in [-0.15, -0.1) is 0 Å². The lowest BCUT2D eigenvalue weighted by molar-refractivity contribution is -0.165. The van der Waals surface area contributed by atoms with Gasteiger partial charge in [0.1, 0.15) is 0 Å². The van der Waals surface area contributed by atoms with E-state index < -0.39 is 24.1 Å². The lowest BCUT2D eigenvalue weighted by Gasteiger charge is -2.29. The SMILES string of the molecule is NC1CCN(c2ccccc2)C(=O)C1.O=C(O)C(O)C(O)C(=O)O. The Hall–Kier alpha value is -2.49. The minimum Gasteiger partial charge on any atom is -0.479 e. The summed E-state index contributed by atoms with van der Waals surface area (Å²) in [7, 11) is 0. The lowest BCUT2D eigenvalue weighted by Crippen LogP contribution is -2.43. The molecule has 1 aliphatic rings. The van der Waals surface area contributed by atoms with Crippen LogP contribution in [0.1, 0.15) is 12.8 Å². The molecule has 0 spiro atoms. The molecule has 0 aromatic heterocycles. The largest absolute Gasteiger partial charge is 0.479 e. The highest BCUT2D eigenvalue weighted by Gasteiger charge is 2.29. The molecule has 0 bridgehead atoms. The number of carbonyl (C=O) groups is 3. The Labute approximate surface area is 137 Å². The van der Waals surface area contributed by atoms with Gasteiger partial charge in [0.15, 0.2) is 12.2 Å². The van der Waals surface area contributed by atoms with Gasteiger partial charge in [-0.2, -0.15) is 0 Å². The van der Waals surface area contributed by atoms with Crippen molar-refractivity contribution in [3.63, 3.8) is 0 Å². The topological polar surface area (TPSA) is 161 Å². The molecule has 9 nitrogen and oxygen atoms in total. The number of anilines is 1. The first-order valence-electron chi connectivity index (χ1n) is 7.16. The molecule has 0 aliphatic carbocycles. The molecule has 0 saturated carbocycles. The highest BCUT2D eigenvalue weighted by Crippen LogP contribution is 2.19. The number of para-hydroxylation sites is 1. The van der Waals surface area contributed by atoms with Gasteiger partial charge >= 0.3 is 11.9 Å². The average molecular weight is 340 g/mol. The maximum atomic E-state index is 11.7. The Kier molecular flexibility index (Phi) is 7.31. The number of hydrogen-bond acceptors (Lipinski definition) is 6. The molecule has 1 aromatic carbocycles. The van der Waals surface area contributed by atoms with E-state index in [0.717, 1.165) is 18.7 Å². The summed E-state index contributed by atoms with van der Waals surface area (Å²) in [6.07, 6.45) is -3.18. The number of aliphatic hydroxyl groups is 2. The molecule has 1 aliphatic heterocycles. The summed E-state index contributed by atoms with van der Waals surface area (Å²) in [5.74, 6) is -3.40. The fourth-order valence-electron chi connectivity index (χ4n) is 2.01. The number of nitrogens with two attached hydrogens (primary N) is 1. The molecule has 2 rings (SSSR count). The highest BCUT2D eigenvalue weighted by atomic mass is 16.4. The van der Waals surface area contributed by atoms with E-state index in [1.807, 2.05) is 35.2 Å². The van der Waals surface area contributed by atoms with Gasteiger partial charge in [0.25, 0.3) is 0 Å². The summed E-state index contributed by atoms with van der Waals surface area (Å²) >= 11 is 0. The van der Waals surface area contributed by atoms with Crippen LogP contribution in [0.25, 0.3) is 0 Å². The van der Waals surface area contributed by atoms with Gasteiger partial charge in [-0.1, -0.05) is 18.2 Å². The fourth-order valence-corrected chi connectivity index (χ4v) is 2.01. The number of carbonyl (C=O) groups excluding carboxylic acids is 1. The summed E-state index contributed by atoms with van der Waals surface area (Å²) in [5, 5.41) is 32.5. The van der Waals surface area contributed by atoms with Crippen LogP contribution in [0.3, 0.4) is 0 Å². The summed E-state index contributed by atoms with van der Waals surface area (Å²) in [5.41, 5.74) is 6.69. The second-order valence-corrected chi connectivity index (χ2v) is 5.20. The van der Waals surface area contributed by atoms with Crippen molar-refractivity contribution in [3.05, 3.63) is 30.3 Å². The van der Waals surface area contributed by atoms with Gasteiger partial charge in [0.05, 0.1) is 0 Å². The Morgan fingerprint density at radius 1 is 1.08 bits per heavy atom. The summed E-state index contributed by atoms with van der Waals surface area (Å²) in [4.78, 5) is 33.0. The Balaban J connectivity index is 0.000000257. The number of aliphatic hydroxyl groups excluding tert-OH is 2. The van der Waals surface area contributed by atoms with E-state index in [9.17, 15) is 14.4 Å². The first-order valence-corrected chi connectivity index (χ1v) is 7.16. The van der Waals surface area contributed by atoms with Gasteiger partial charge in [-0.3, -0.25) is 4.79 Å². The van der Waals surface area contributed by atoms with E-state index in [4.69, 9.17) is 26.2 Å². The standard InChI is InChI=1S/C11H14N2O.C4H6O6/c12-9-6-7-13(11(14)8-9)10-4-2-1-3-5-10;5-1(3(7)8)2(6)4(9)10/h1-5,9H,6-8,12H2;1-2,5-6H,(H,7,8)(H,9,10). The summed E-state index contributed by atoms with van der Waals surface area (Å²) in [6, 6.07) is 9.78. The molecule has 1 fully saturated rings. The van der Waals surface area contributed by atoms with Crippen molar-refractivity contribution in [2.45, 2.75) is 31.1 Å². The maximum absolute atomic E-state index is 11.7. The van der Waals surface area contributed by atoms with E-state index in [1.165, 1.54) is 0 Å². The molecule has 24 heavy (non-hydrogen) atoms. The molecular weight excluding hydrogens is 320 g/mol. The Bertz CT molecular complexity index is 560. The van der Waals surface area contributed by atoms with E-state index in [-0.39, 0.29) is 11.9 Å². The zero-order valence-corrected chi connectivity index (χ0v) is 12.8. The molecule has 3 atom stereocenters. The molecule has 1 saturated heterocycles. The second-order valence-electron chi connectivity index (χ2n) is 5.20. The van der Waals surface area contributed by atoms with Gasteiger partial charge in [0.2, 0.25) is 5.91 Å². The van der Waals surface area contributed by atoms with Crippen molar-refractivity contribution >= 4 is 23.5 Å². The highest BCUT2D eigenvalue weighted by molar-refractivity contribution is 5.94. The van der Waals surface area contributed by atoms with Crippen LogP contribution in [0.15, 0.2) is 30.3 Å². The van der Waals surface area contributed by atoms with E-state index in [0.29, 0.717) is 6.42 Å². The lowest BCUT2D eigenvalue weighted by atomic mass is 10.0. The molecule has 1 aromatic rings.